The summed E-state index contributed by atoms with van der Waals surface area (Å²) >= 11 is 16.6. The Hall–Kier alpha value is -0.790. The third kappa shape index (κ3) is 3.67. The zero-order valence-electron chi connectivity index (χ0n) is 12.8. The second-order valence-corrected chi connectivity index (χ2v) is 7.14. The Morgan fingerprint density at radius 2 is 2.13 bits per heavy atom. The van der Waals surface area contributed by atoms with E-state index < -0.39 is 5.60 Å². The molecule has 23 heavy (non-hydrogen) atoms. The molecule has 1 aliphatic rings. The van der Waals surface area contributed by atoms with Gasteiger partial charge in [0.25, 0.3) is 0 Å². The van der Waals surface area contributed by atoms with E-state index in [2.05, 4.69) is 29.6 Å². The first kappa shape index (κ1) is 18.5. The highest BCUT2D eigenvalue weighted by molar-refractivity contribution is 7.80. The van der Waals surface area contributed by atoms with Crippen LogP contribution in [0.3, 0.4) is 0 Å². The third-order valence-electron chi connectivity index (χ3n) is 4.47. The minimum Gasteiger partial charge on any atom is -0.383 e. The number of hydrogen-bond donors (Lipinski definition) is 3. The molecule has 4 N–H and O–H groups in total. The quantitative estimate of drug-likeness (QED) is 0.691. The number of aromatic nitrogens is 3. The zero-order valence-corrected chi connectivity index (χ0v) is 15.2. The van der Waals surface area contributed by atoms with E-state index >= 15 is 0 Å². The number of rotatable bonds is 5. The van der Waals surface area contributed by atoms with Crippen LogP contribution in [0.4, 0.5) is 0 Å². The second-order valence-electron chi connectivity index (χ2n) is 5.89. The summed E-state index contributed by atoms with van der Waals surface area (Å²) < 4.78 is 1.59. The van der Waals surface area contributed by atoms with Crippen LogP contribution in [0.25, 0.3) is 0 Å². The first-order valence-corrected chi connectivity index (χ1v) is 8.37. The molecule has 0 spiro atoms. The van der Waals surface area contributed by atoms with Crippen molar-refractivity contribution in [1.82, 2.24) is 20.9 Å². The topological polar surface area (TPSA) is 85.9 Å². The predicted molar refractivity (Wildman–Crippen MR) is 94.5 cm³/mol. The van der Waals surface area contributed by atoms with Gasteiger partial charge in [-0.25, -0.2) is 9.67 Å². The summed E-state index contributed by atoms with van der Waals surface area (Å²) in [5.41, 5.74) is -0.477. The Kier molecular flexibility index (Phi) is 5.63. The van der Waals surface area contributed by atoms with Crippen molar-refractivity contribution in [3.05, 3.63) is 40.1 Å². The fourth-order valence-corrected chi connectivity index (χ4v) is 3.65. The van der Waals surface area contributed by atoms with Crippen molar-refractivity contribution in [2.75, 3.05) is 0 Å². The van der Waals surface area contributed by atoms with Crippen LogP contribution in [0.2, 0.25) is 10.0 Å². The summed E-state index contributed by atoms with van der Waals surface area (Å²) in [6, 6.07) is 5.20. The molecule has 5 nitrogen and oxygen atoms in total. The van der Waals surface area contributed by atoms with Gasteiger partial charge in [-0.2, -0.15) is 5.10 Å². The van der Waals surface area contributed by atoms with E-state index in [0.717, 1.165) is 12.8 Å². The highest BCUT2D eigenvalue weighted by Gasteiger charge is 2.45. The van der Waals surface area contributed by atoms with Crippen LogP contribution in [-0.4, -0.2) is 19.9 Å². The molecule has 2 aromatic rings. The molecule has 1 aromatic heterocycles. The van der Waals surface area contributed by atoms with E-state index in [-0.39, 0.29) is 18.6 Å². The lowest BCUT2D eigenvalue weighted by molar-refractivity contribution is -0.0461. The molecular weight excluding hydrogens is 355 g/mol. The van der Waals surface area contributed by atoms with Crippen LogP contribution in [-0.2, 0) is 12.1 Å². The van der Waals surface area contributed by atoms with Gasteiger partial charge in [0, 0.05) is 15.6 Å². The van der Waals surface area contributed by atoms with Gasteiger partial charge in [-0.05, 0) is 36.8 Å². The molecule has 2 unspecified atom stereocenters. The average molecular weight is 375 g/mol. The lowest BCUT2D eigenvalue weighted by atomic mass is 9.79. The van der Waals surface area contributed by atoms with Crippen LogP contribution in [0.5, 0.6) is 0 Å². The van der Waals surface area contributed by atoms with Gasteiger partial charge in [0.05, 0.1) is 6.54 Å². The number of nitrogens with zero attached hydrogens (tertiary/aromatic N) is 3. The molecule has 126 valence electrons. The Labute approximate surface area is 151 Å². The van der Waals surface area contributed by atoms with Gasteiger partial charge in [-0.15, -0.1) is 12.6 Å². The maximum Gasteiger partial charge on any atom is 0.183 e. The lowest BCUT2D eigenvalue weighted by Crippen LogP contribution is -2.40. The molecule has 1 saturated carbocycles. The van der Waals surface area contributed by atoms with Crippen LogP contribution in [0.1, 0.15) is 25.3 Å². The van der Waals surface area contributed by atoms with Gasteiger partial charge in [-0.1, -0.05) is 36.2 Å². The molecule has 0 amide bonds. The molecule has 2 atom stereocenters. The Morgan fingerprint density at radius 3 is 2.65 bits per heavy atom. The normalized spacial score (nSPS) is 18.1. The summed E-state index contributed by atoms with van der Waals surface area (Å²) in [6.07, 6.45) is 3.67. The molecule has 1 heterocycles. The smallest absolute Gasteiger partial charge is 0.183 e. The number of aliphatic hydroxyl groups is 1. The Morgan fingerprint density at radius 1 is 1.43 bits per heavy atom. The van der Waals surface area contributed by atoms with Gasteiger partial charge in [-0.3, -0.25) is 0 Å². The van der Waals surface area contributed by atoms with Crippen molar-refractivity contribution in [1.29, 1.82) is 0 Å². The molecule has 1 aromatic carbocycles. The Balaban J connectivity index is 0.00000192. The van der Waals surface area contributed by atoms with E-state index in [0.29, 0.717) is 26.7 Å². The molecule has 0 saturated heterocycles. The van der Waals surface area contributed by atoms with Crippen molar-refractivity contribution >= 4 is 35.8 Å². The van der Waals surface area contributed by atoms with Gasteiger partial charge in [0.2, 0.25) is 0 Å². The van der Waals surface area contributed by atoms with Crippen LogP contribution < -0.4 is 6.15 Å². The van der Waals surface area contributed by atoms with E-state index in [1.807, 2.05) is 0 Å². The number of thiol groups is 1. The van der Waals surface area contributed by atoms with Gasteiger partial charge < -0.3 is 11.3 Å². The van der Waals surface area contributed by atoms with E-state index in [4.69, 9.17) is 23.2 Å². The van der Waals surface area contributed by atoms with E-state index in [9.17, 15) is 5.11 Å². The van der Waals surface area contributed by atoms with Crippen molar-refractivity contribution in [2.24, 2.45) is 11.8 Å². The number of benzene rings is 1. The standard InChI is InChI=1S/C15H17Cl2N3OS.H3N/c1-9(10-2-3-10)15(21,7-20-14(22)18-8-19-20)12-5-4-11(16)6-13(12)17;/h4-6,8-10,21H,2-3,7H2,1H3,(H,18,19,22);1H3. The first-order chi connectivity index (χ1) is 10.4. The fourth-order valence-electron chi connectivity index (χ4n) is 2.90. The maximum absolute atomic E-state index is 11.5. The summed E-state index contributed by atoms with van der Waals surface area (Å²) in [6.45, 7) is 2.31. The molecule has 1 aliphatic carbocycles. The molecular formula is C15H20Cl2N4OS. The average Bonchev–Trinajstić information content (AvgIpc) is 3.23. The molecule has 0 bridgehead atoms. The van der Waals surface area contributed by atoms with Crippen molar-refractivity contribution in [3.8, 4) is 0 Å². The number of hydrogen-bond acceptors (Lipinski definition) is 5. The lowest BCUT2D eigenvalue weighted by Gasteiger charge is -2.35. The summed E-state index contributed by atoms with van der Waals surface area (Å²) in [7, 11) is 0. The second kappa shape index (κ2) is 6.99. The first-order valence-electron chi connectivity index (χ1n) is 7.16. The molecule has 1 fully saturated rings. The van der Waals surface area contributed by atoms with Crippen LogP contribution in [0, 0.1) is 11.8 Å². The van der Waals surface area contributed by atoms with Crippen molar-refractivity contribution in [3.63, 3.8) is 0 Å². The largest absolute Gasteiger partial charge is 0.383 e. The summed E-state index contributed by atoms with van der Waals surface area (Å²) in [4.78, 5) is 4.00. The molecule has 0 radical (unpaired) electrons. The van der Waals surface area contributed by atoms with Crippen molar-refractivity contribution < 1.29 is 5.11 Å². The zero-order chi connectivity index (χ0) is 15.9. The minimum absolute atomic E-state index is 0. The Bertz CT molecular complexity index is 692. The third-order valence-corrected chi connectivity index (χ3v) is 5.36. The summed E-state index contributed by atoms with van der Waals surface area (Å²) in [5.74, 6) is 0.534. The van der Waals surface area contributed by atoms with Gasteiger partial charge in [0.15, 0.2) is 5.16 Å². The monoisotopic (exact) mass is 374 g/mol. The van der Waals surface area contributed by atoms with Crippen LogP contribution >= 0.6 is 35.8 Å². The van der Waals surface area contributed by atoms with Crippen molar-refractivity contribution in [2.45, 2.75) is 37.1 Å². The molecule has 0 aliphatic heterocycles. The minimum atomic E-state index is -1.14. The molecule has 3 rings (SSSR count). The van der Waals surface area contributed by atoms with Crippen LogP contribution in [0.15, 0.2) is 29.7 Å². The van der Waals surface area contributed by atoms with Gasteiger partial charge >= 0.3 is 0 Å². The SMILES string of the molecule is CC(C1CC1)C(O)(Cn1ncnc1S)c1ccc(Cl)cc1Cl.N. The number of halogens is 2. The molecule has 8 heteroatoms. The highest BCUT2D eigenvalue weighted by atomic mass is 35.5. The van der Waals surface area contributed by atoms with E-state index in [1.165, 1.54) is 6.33 Å². The predicted octanol–water partition coefficient (Wildman–Crippen LogP) is 3.97. The van der Waals surface area contributed by atoms with E-state index in [1.54, 1.807) is 22.9 Å². The summed E-state index contributed by atoms with van der Waals surface area (Å²) in [5, 5.41) is 17.1. The van der Waals surface area contributed by atoms with Gasteiger partial charge in [0.1, 0.15) is 11.9 Å². The fraction of sp³-hybridized carbons (Fsp3) is 0.467. The highest BCUT2D eigenvalue weighted by Crippen LogP contribution is 2.48. The maximum atomic E-state index is 11.5.